The van der Waals surface area contributed by atoms with Crippen LogP contribution in [0.15, 0.2) is 36.7 Å². The van der Waals surface area contributed by atoms with E-state index < -0.39 is 0 Å². The fourth-order valence-corrected chi connectivity index (χ4v) is 3.31. The zero-order valence-electron chi connectivity index (χ0n) is 14.3. The van der Waals surface area contributed by atoms with E-state index in [4.69, 9.17) is 9.47 Å². The standard InChI is InChI=1S/C18H16N4O4/c1-25-16-8-13-14(9-17(16)26-2)19-10-20-18(13)21-6-5-11-7-12(22(23)24)3-4-15(11)21/h3-4,7-10H,5-6H2,1-2H3. The second kappa shape index (κ2) is 6.14. The van der Waals surface area contributed by atoms with E-state index in [0.29, 0.717) is 18.0 Å². The zero-order valence-corrected chi connectivity index (χ0v) is 14.3. The number of hydrogen-bond donors (Lipinski definition) is 0. The fraction of sp³-hybridized carbons (Fsp3) is 0.222. The lowest BCUT2D eigenvalue weighted by molar-refractivity contribution is -0.384. The molecule has 132 valence electrons. The van der Waals surface area contributed by atoms with Gasteiger partial charge in [-0.05, 0) is 24.1 Å². The number of aromatic nitrogens is 2. The number of nitrogens with zero attached hydrogens (tertiary/aromatic N) is 4. The first kappa shape index (κ1) is 16.1. The molecule has 3 aromatic rings. The predicted molar refractivity (Wildman–Crippen MR) is 96.4 cm³/mol. The molecule has 0 saturated heterocycles. The molecule has 0 amide bonds. The molecule has 26 heavy (non-hydrogen) atoms. The molecule has 4 rings (SSSR count). The van der Waals surface area contributed by atoms with Gasteiger partial charge in [0.05, 0.1) is 24.7 Å². The summed E-state index contributed by atoms with van der Waals surface area (Å²) >= 11 is 0. The Labute approximate surface area is 149 Å². The number of methoxy groups -OCH3 is 2. The molecule has 2 heterocycles. The normalized spacial score (nSPS) is 12.9. The lowest BCUT2D eigenvalue weighted by Gasteiger charge is -2.20. The minimum atomic E-state index is -0.375. The maximum atomic E-state index is 11.0. The third kappa shape index (κ3) is 2.46. The van der Waals surface area contributed by atoms with E-state index in [-0.39, 0.29) is 10.6 Å². The van der Waals surface area contributed by atoms with Gasteiger partial charge in [0.1, 0.15) is 12.1 Å². The van der Waals surface area contributed by atoms with Gasteiger partial charge >= 0.3 is 0 Å². The Hall–Kier alpha value is -3.42. The molecule has 2 aromatic carbocycles. The van der Waals surface area contributed by atoms with Crippen molar-refractivity contribution in [2.24, 2.45) is 0 Å². The molecule has 0 atom stereocenters. The predicted octanol–water partition coefficient (Wildman–Crippen LogP) is 3.25. The monoisotopic (exact) mass is 352 g/mol. The summed E-state index contributed by atoms with van der Waals surface area (Å²) in [6.45, 7) is 0.691. The van der Waals surface area contributed by atoms with Gasteiger partial charge in [-0.25, -0.2) is 9.97 Å². The Bertz CT molecular complexity index is 1020. The minimum absolute atomic E-state index is 0.101. The molecule has 0 bridgehead atoms. The van der Waals surface area contributed by atoms with Gasteiger partial charge < -0.3 is 14.4 Å². The van der Waals surface area contributed by atoms with Crippen molar-refractivity contribution in [3.05, 3.63) is 52.3 Å². The smallest absolute Gasteiger partial charge is 0.269 e. The van der Waals surface area contributed by atoms with Crippen molar-refractivity contribution >= 4 is 28.1 Å². The van der Waals surface area contributed by atoms with Crippen molar-refractivity contribution in [3.63, 3.8) is 0 Å². The van der Waals surface area contributed by atoms with E-state index in [2.05, 4.69) is 14.9 Å². The lowest BCUT2D eigenvalue weighted by atomic mass is 10.1. The Morgan fingerprint density at radius 1 is 1.12 bits per heavy atom. The topological polar surface area (TPSA) is 90.6 Å². The summed E-state index contributed by atoms with van der Waals surface area (Å²) in [6.07, 6.45) is 2.22. The van der Waals surface area contributed by atoms with E-state index in [0.717, 1.165) is 34.4 Å². The first-order valence-corrected chi connectivity index (χ1v) is 8.04. The van der Waals surface area contributed by atoms with Crippen LogP contribution in [0.25, 0.3) is 10.9 Å². The highest BCUT2D eigenvalue weighted by Crippen LogP contribution is 2.40. The number of fused-ring (bicyclic) bond motifs is 2. The van der Waals surface area contributed by atoms with Crippen LogP contribution in [0.4, 0.5) is 17.2 Å². The van der Waals surface area contributed by atoms with E-state index in [1.54, 1.807) is 26.4 Å². The van der Waals surface area contributed by atoms with Crippen LogP contribution in [0.1, 0.15) is 5.56 Å². The molecule has 1 aromatic heterocycles. The van der Waals surface area contributed by atoms with Gasteiger partial charge in [0.25, 0.3) is 5.69 Å². The van der Waals surface area contributed by atoms with Gasteiger partial charge in [-0.15, -0.1) is 0 Å². The molecule has 0 unspecified atom stereocenters. The maximum Gasteiger partial charge on any atom is 0.269 e. The molecular formula is C18H16N4O4. The van der Waals surface area contributed by atoms with Gasteiger partial charge in [0.2, 0.25) is 0 Å². The van der Waals surface area contributed by atoms with Crippen molar-refractivity contribution in [2.45, 2.75) is 6.42 Å². The molecule has 8 nitrogen and oxygen atoms in total. The van der Waals surface area contributed by atoms with Crippen molar-refractivity contribution in [1.29, 1.82) is 0 Å². The van der Waals surface area contributed by atoms with Gasteiger partial charge in [0.15, 0.2) is 11.5 Å². The highest BCUT2D eigenvalue weighted by Gasteiger charge is 2.25. The number of nitro groups is 1. The first-order chi connectivity index (χ1) is 12.6. The molecular weight excluding hydrogens is 336 g/mol. The summed E-state index contributed by atoms with van der Waals surface area (Å²) in [5, 5.41) is 11.8. The Balaban J connectivity index is 1.85. The van der Waals surface area contributed by atoms with Crippen LogP contribution in [0, 0.1) is 10.1 Å². The highest BCUT2D eigenvalue weighted by atomic mass is 16.6. The van der Waals surface area contributed by atoms with Gasteiger partial charge in [-0.3, -0.25) is 10.1 Å². The Kier molecular flexibility index (Phi) is 3.80. The summed E-state index contributed by atoms with van der Waals surface area (Å²) in [7, 11) is 3.16. The Morgan fingerprint density at radius 3 is 2.62 bits per heavy atom. The van der Waals surface area contributed by atoms with Crippen LogP contribution in [-0.4, -0.2) is 35.7 Å². The van der Waals surface area contributed by atoms with Crippen molar-refractivity contribution in [2.75, 3.05) is 25.7 Å². The third-order valence-electron chi connectivity index (χ3n) is 4.54. The first-order valence-electron chi connectivity index (χ1n) is 8.04. The fourth-order valence-electron chi connectivity index (χ4n) is 3.31. The quantitative estimate of drug-likeness (QED) is 0.526. The molecule has 0 radical (unpaired) electrons. The molecule has 0 saturated carbocycles. The van der Waals surface area contributed by atoms with Crippen molar-refractivity contribution in [1.82, 2.24) is 9.97 Å². The van der Waals surface area contributed by atoms with Gasteiger partial charge in [-0.1, -0.05) is 0 Å². The summed E-state index contributed by atoms with van der Waals surface area (Å²) in [4.78, 5) is 21.5. The third-order valence-corrected chi connectivity index (χ3v) is 4.54. The number of ether oxygens (including phenoxy) is 2. The number of anilines is 2. The van der Waals surface area contributed by atoms with Crippen LogP contribution in [0.3, 0.4) is 0 Å². The van der Waals surface area contributed by atoms with Gasteiger partial charge in [-0.2, -0.15) is 0 Å². The van der Waals surface area contributed by atoms with E-state index in [1.807, 2.05) is 12.1 Å². The van der Waals surface area contributed by atoms with Gasteiger partial charge in [0, 0.05) is 35.8 Å². The van der Waals surface area contributed by atoms with E-state index in [1.165, 1.54) is 12.4 Å². The Morgan fingerprint density at radius 2 is 1.88 bits per heavy atom. The molecule has 0 fully saturated rings. The van der Waals surface area contributed by atoms with E-state index in [9.17, 15) is 10.1 Å². The number of rotatable bonds is 4. The lowest BCUT2D eigenvalue weighted by Crippen LogP contribution is -2.15. The SMILES string of the molecule is COc1cc2ncnc(N3CCc4cc([N+](=O)[O-])ccc43)c2cc1OC. The van der Waals surface area contributed by atoms with E-state index >= 15 is 0 Å². The molecule has 0 spiro atoms. The summed E-state index contributed by atoms with van der Waals surface area (Å²) in [5.41, 5.74) is 2.70. The second-order valence-electron chi connectivity index (χ2n) is 5.89. The minimum Gasteiger partial charge on any atom is -0.493 e. The maximum absolute atomic E-state index is 11.0. The van der Waals surface area contributed by atoms with Crippen LogP contribution in [0.5, 0.6) is 11.5 Å². The molecule has 8 heteroatoms. The summed E-state index contributed by atoms with van der Waals surface area (Å²) in [5.74, 6) is 1.94. The summed E-state index contributed by atoms with van der Waals surface area (Å²) in [6, 6.07) is 8.58. The van der Waals surface area contributed by atoms with Crippen molar-refractivity contribution < 1.29 is 14.4 Å². The molecule has 0 aliphatic carbocycles. The van der Waals surface area contributed by atoms with Crippen molar-refractivity contribution in [3.8, 4) is 11.5 Å². The number of benzene rings is 2. The van der Waals surface area contributed by atoms with Crippen LogP contribution >= 0.6 is 0 Å². The zero-order chi connectivity index (χ0) is 18.3. The van der Waals surface area contributed by atoms with Crippen LogP contribution < -0.4 is 14.4 Å². The molecule has 0 N–H and O–H groups in total. The molecule has 1 aliphatic rings. The highest BCUT2D eigenvalue weighted by molar-refractivity contribution is 5.94. The number of non-ortho nitro benzene ring substituents is 1. The summed E-state index contributed by atoms with van der Waals surface area (Å²) < 4.78 is 10.7. The average molecular weight is 352 g/mol. The largest absolute Gasteiger partial charge is 0.493 e. The number of hydrogen-bond acceptors (Lipinski definition) is 7. The second-order valence-corrected chi connectivity index (χ2v) is 5.89. The van der Waals surface area contributed by atoms with Crippen LogP contribution in [-0.2, 0) is 6.42 Å². The molecule has 1 aliphatic heterocycles. The number of nitro benzene ring substituents is 1. The van der Waals surface area contributed by atoms with Crippen LogP contribution in [0.2, 0.25) is 0 Å². The average Bonchev–Trinajstić information content (AvgIpc) is 3.09.